The number of nitrogens with zero attached hydrogens (tertiary/aromatic N) is 1. The Balaban J connectivity index is 1.37. The van der Waals surface area contributed by atoms with E-state index in [0.29, 0.717) is 12.1 Å². The third-order valence-corrected chi connectivity index (χ3v) is 7.14. The second-order valence-electron chi connectivity index (χ2n) is 8.84. The smallest absolute Gasteiger partial charge is 0.0942 e. The number of fused-ring (bicyclic) bond motifs is 1. The summed E-state index contributed by atoms with van der Waals surface area (Å²) in [4.78, 5) is 2.71. The lowest BCUT2D eigenvalue weighted by Crippen LogP contribution is -2.44. The van der Waals surface area contributed by atoms with Crippen molar-refractivity contribution in [1.82, 2.24) is 4.90 Å². The van der Waals surface area contributed by atoms with Crippen LogP contribution in [0.1, 0.15) is 57.8 Å². The summed E-state index contributed by atoms with van der Waals surface area (Å²) in [6.07, 6.45) is 24.7. The molecule has 4 aliphatic rings. The molecule has 0 N–H and O–H groups in total. The van der Waals surface area contributed by atoms with Crippen LogP contribution in [0.5, 0.6) is 0 Å². The van der Waals surface area contributed by atoms with Crippen LogP contribution in [-0.2, 0) is 0 Å². The fourth-order valence-corrected chi connectivity index (χ4v) is 5.75. The van der Waals surface area contributed by atoms with Crippen molar-refractivity contribution >= 4 is 11.6 Å². The third kappa shape index (κ3) is 3.86. The SMILES string of the molecule is C1#CC(N(C2=CC=CCC2)C2CCC(C3=c4ccccc4=CCC3)CC2)CC=C1. The van der Waals surface area contributed by atoms with Gasteiger partial charge >= 0.3 is 0 Å². The van der Waals surface area contributed by atoms with Gasteiger partial charge in [0.2, 0.25) is 0 Å². The van der Waals surface area contributed by atoms with E-state index in [4.69, 9.17) is 0 Å². The molecule has 1 unspecified atom stereocenters. The van der Waals surface area contributed by atoms with Crippen LogP contribution >= 0.6 is 0 Å². The molecule has 1 saturated carbocycles. The highest BCUT2D eigenvalue weighted by Gasteiger charge is 2.32. The molecule has 0 radical (unpaired) electrons. The predicted molar refractivity (Wildman–Crippen MR) is 122 cm³/mol. The molecule has 1 aromatic rings. The molecule has 0 bridgehead atoms. The van der Waals surface area contributed by atoms with Crippen LogP contribution in [0, 0.1) is 17.8 Å². The zero-order valence-electron chi connectivity index (χ0n) is 17.3. The molecule has 1 atom stereocenters. The highest BCUT2D eigenvalue weighted by atomic mass is 15.2. The Hall–Kier alpha value is -2.46. The van der Waals surface area contributed by atoms with Gasteiger partial charge in [0.05, 0.1) is 6.04 Å². The van der Waals surface area contributed by atoms with Gasteiger partial charge in [0, 0.05) is 11.7 Å². The predicted octanol–water partition coefficient (Wildman–Crippen LogP) is 4.84. The number of hydrogen-bond donors (Lipinski definition) is 0. The molecule has 0 aliphatic heterocycles. The van der Waals surface area contributed by atoms with E-state index in [1.165, 1.54) is 67.5 Å². The minimum absolute atomic E-state index is 0.358. The molecule has 29 heavy (non-hydrogen) atoms. The normalized spacial score (nSPS) is 27.9. The first-order valence-electron chi connectivity index (χ1n) is 11.5. The summed E-state index contributed by atoms with van der Waals surface area (Å²) in [7, 11) is 0. The van der Waals surface area contributed by atoms with Gasteiger partial charge < -0.3 is 4.90 Å². The molecule has 1 heteroatoms. The van der Waals surface area contributed by atoms with Crippen LogP contribution < -0.4 is 10.4 Å². The van der Waals surface area contributed by atoms with Crippen molar-refractivity contribution in [2.45, 2.75) is 69.9 Å². The highest BCUT2D eigenvalue weighted by molar-refractivity contribution is 5.53. The lowest BCUT2D eigenvalue weighted by atomic mass is 9.77. The first-order valence-corrected chi connectivity index (χ1v) is 11.5. The van der Waals surface area contributed by atoms with Crippen molar-refractivity contribution in [2.75, 3.05) is 0 Å². The van der Waals surface area contributed by atoms with Gasteiger partial charge in [0.15, 0.2) is 0 Å². The van der Waals surface area contributed by atoms with Crippen LogP contribution in [-0.4, -0.2) is 17.0 Å². The van der Waals surface area contributed by atoms with E-state index in [1.54, 1.807) is 5.57 Å². The molecular formula is C28H31N. The van der Waals surface area contributed by atoms with Gasteiger partial charge in [-0.2, -0.15) is 0 Å². The molecule has 5 rings (SSSR count). The van der Waals surface area contributed by atoms with E-state index in [2.05, 4.69) is 71.4 Å². The Morgan fingerprint density at radius 2 is 1.83 bits per heavy atom. The number of hydrogen-bond acceptors (Lipinski definition) is 1. The molecule has 0 spiro atoms. The molecule has 0 amide bonds. The maximum absolute atomic E-state index is 3.52. The Morgan fingerprint density at radius 1 is 0.931 bits per heavy atom. The summed E-state index contributed by atoms with van der Waals surface area (Å²) in [5.74, 6) is 7.52. The van der Waals surface area contributed by atoms with Crippen molar-refractivity contribution in [1.29, 1.82) is 0 Å². The van der Waals surface area contributed by atoms with Gasteiger partial charge in [0.1, 0.15) is 0 Å². The molecule has 148 valence electrons. The van der Waals surface area contributed by atoms with E-state index < -0.39 is 0 Å². The molecule has 0 aromatic heterocycles. The van der Waals surface area contributed by atoms with Crippen LogP contribution in [0.15, 0.2) is 60.3 Å². The second kappa shape index (κ2) is 8.50. The van der Waals surface area contributed by atoms with Crippen molar-refractivity contribution in [3.05, 3.63) is 70.8 Å². The average molecular weight is 382 g/mol. The fourth-order valence-electron chi connectivity index (χ4n) is 5.75. The minimum atomic E-state index is 0.358. The quantitative estimate of drug-likeness (QED) is 0.675. The van der Waals surface area contributed by atoms with E-state index >= 15 is 0 Å². The van der Waals surface area contributed by atoms with Gasteiger partial charge in [-0.25, -0.2) is 0 Å². The lowest BCUT2D eigenvalue weighted by molar-refractivity contribution is 0.156. The second-order valence-corrected chi connectivity index (χ2v) is 8.84. The summed E-state index contributed by atoms with van der Waals surface area (Å²) >= 11 is 0. The summed E-state index contributed by atoms with van der Waals surface area (Å²) < 4.78 is 0. The Bertz CT molecular complexity index is 1020. The van der Waals surface area contributed by atoms with Gasteiger partial charge in [-0.05, 0) is 86.3 Å². The monoisotopic (exact) mass is 381 g/mol. The van der Waals surface area contributed by atoms with Crippen molar-refractivity contribution < 1.29 is 0 Å². The maximum atomic E-state index is 3.52. The first-order chi connectivity index (χ1) is 14.4. The van der Waals surface area contributed by atoms with E-state index in [-0.39, 0.29) is 0 Å². The molecule has 1 fully saturated rings. The van der Waals surface area contributed by atoms with Gasteiger partial charge in [-0.3, -0.25) is 0 Å². The molecular weight excluding hydrogens is 350 g/mol. The maximum Gasteiger partial charge on any atom is 0.0942 e. The van der Waals surface area contributed by atoms with Crippen LogP contribution in [0.2, 0.25) is 0 Å². The van der Waals surface area contributed by atoms with E-state index in [1.807, 2.05) is 6.08 Å². The Kier molecular flexibility index (Phi) is 5.44. The van der Waals surface area contributed by atoms with Crippen molar-refractivity contribution in [2.24, 2.45) is 5.92 Å². The summed E-state index contributed by atoms with van der Waals surface area (Å²) in [5.41, 5.74) is 3.24. The number of allylic oxidation sites excluding steroid dienone is 5. The lowest BCUT2D eigenvalue weighted by Gasteiger charge is -2.43. The highest BCUT2D eigenvalue weighted by Crippen LogP contribution is 2.38. The van der Waals surface area contributed by atoms with Crippen molar-refractivity contribution in [3.8, 4) is 11.8 Å². The standard InChI is InChI=1S/C28H31N/c1-3-12-24(13-4-1)29(25-14-5-2-6-15-25)26-20-18-23(19-21-26)28-17-9-11-22-10-7-8-16-27(22)28/h1-3,5,7-8,10-12,16,23,25-26H,4,9,13-14,17-21H2. The Labute approximate surface area is 175 Å². The Morgan fingerprint density at radius 3 is 2.62 bits per heavy atom. The molecule has 4 aliphatic carbocycles. The fraction of sp³-hybridized carbons (Fsp3) is 0.429. The van der Waals surface area contributed by atoms with Gasteiger partial charge in [-0.15, -0.1) is 0 Å². The van der Waals surface area contributed by atoms with Gasteiger partial charge in [-0.1, -0.05) is 66.0 Å². The molecule has 0 heterocycles. The minimum Gasteiger partial charge on any atom is -0.358 e. The van der Waals surface area contributed by atoms with Crippen molar-refractivity contribution in [3.63, 3.8) is 0 Å². The van der Waals surface area contributed by atoms with E-state index in [9.17, 15) is 0 Å². The van der Waals surface area contributed by atoms with E-state index in [0.717, 1.165) is 12.3 Å². The van der Waals surface area contributed by atoms with Gasteiger partial charge in [0.25, 0.3) is 0 Å². The number of benzene rings is 1. The zero-order valence-corrected chi connectivity index (χ0v) is 17.3. The summed E-state index contributed by atoms with van der Waals surface area (Å²) in [6.45, 7) is 0. The van der Waals surface area contributed by atoms with Crippen LogP contribution in [0.3, 0.4) is 0 Å². The molecule has 1 aromatic carbocycles. The van der Waals surface area contributed by atoms with Crippen LogP contribution in [0.25, 0.3) is 11.6 Å². The van der Waals surface area contributed by atoms with Crippen LogP contribution in [0.4, 0.5) is 0 Å². The zero-order chi connectivity index (χ0) is 19.5. The third-order valence-electron chi connectivity index (χ3n) is 7.14. The molecule has 1 nitrogen and oxygen atoms in total. The topological polar surface area (TPSA) is 3.24 Å². The molecule has 0 saturated heterocycles. The number of rotatable bonds is 4. The first kappa shape index (κ1) is 18.6. The summed E-state index contributed by atoms with van der Waals surface area (Å²) in [5, 5.41) is 2.99. The largest absolute Gasteiger partial charge is 0.358 e. The average Bonchev–Trinajstić information content (AvgIpc) is 2.81. The summed E-state index contributed by atoms with van der Waals surface area (Å²) in [6, 6.07) is 10.0.